The summed E-state index contributed by atoms with van der Waals surface area (Å²) in [5.41, 5.74) is 0. The number of hydrogen-bond donors (Lipinski definition) is 1. The van der Waals surface area contributed by atoms with Crippen molar-refractivity contribution in [1.29, 1.82) is 0 Å². The molecule has 0 saturated carbocycles. The minimum absolute atomic E-state index is 0.549. The number of carboxylic acid groups (broad SMARTS) is 1. The smallest absolute Gasteiger partial charge is 0.321 e. The highest BCUT2D eigenvalue weighted by Crippen LogP contribution is 2.32. The molecule has 0 aromatic rings. The Bertz CT molecular complexity index is 186. The normalized spacial score (nSPS) is 31.8. The van der Waals surface area contributed by atoms with Gasteiger partial charge in [0.15, 0.2) is 0 Å². The van der Waals surface area contributed by atoms with E-state index in [0.717, 1.165) is 19.4 Å². The summed E-state index contributed by atoms with van der Waals surface area (Å²) in [7, 11) is 1.98. The maximum absolute atomic E-state index is 11.0. The van der Waals surface area contributed by atoms with Crippen molar-refractivity contribution in [2.24, 2.45) is 0 Å². The molecule has 1 fully saturated rings. The van der Waals surface area contributed by atoms with Gasteiger partial charge in [0.1, 0.15) is 4.75 Å². The predicted octanol–water partition coefficient (Wildman–Crippen LogP) is 0.898. The third kappa shape index (κ3) is 1.75. The van der Waals surface area contributed by atoms with Crippen molar-refractivity contribution in [3.05, 3.63) is 0 Å². The van der Waals surface area contributed by atoms with Gasteiger partial charge in [0.25, 0.3) is 0 Å². The maximum atomic E-state index is 11.0. The Kier molecular flexibility index (Phi) is 3.01. The first-order chi connectivity index (χ1) is 5.60. The van der Waals surface area contributed by atoms with Gasteiger partial charge in [-0.2, -0.15) is 0 Å². The lowest BCUT2D eigenvalue weighted by atomic mass is 9.98. The Hall–Kier alpha value is -0.220. The third-order valence-electron chi connectivity index (χ3n) is 2.43. The van der Waals surface area contributed by atoms with Crippen molar-refractivity contribution in [3.8, 4) is 0 Å². The van der Waals surface area contributed by atoms with Crippen LogP contribution in [0.2, 0.25) is 0 Å². The average Bonchev–Trinajstić information content (AvgIpc) is 2.04. The minimum Gasteiger partial charge on any atom is -0.480 e. The average molecular weight is 189 g/mol. The summed E-state index contributed by atoms with van der Waals surface area (Å²) in [4.78, 5) is 13.1. The second kappa shape index (κ2) is 3.66. The molecule has 1 rings (SSSR count). The van der Waals surface area contributed by atoms with E-state index in [2.05, 4.69) is 4.90 Å². The quantitative estimate of drug-likeness (QED) is 0.700. The molecule has 4 heteroatoms. The van der Waals surface area contributed by atoms with Crippen LogP contribution in [0.1, 0.15) is 12.8 Å². The molecule has 70 valence electrons. The van der Waals surface area contributed by atoms with Crippen LogP contribution < -0.4 is 0 Å². The fraction of sp³-hybridized carbons (Fsp3) is 0.875. The molecular weight excluding hydrogens is 174 g/mol. The number of carbonyl (C=O) groups is 1. The summed E-state index contributed by atoms with van der Waals surface area (Å²) in [5.74, 6) is -0.665. The van der Waals surface area contributed by atoms with Gasteiger partial charge in [-0.1, -0.05) is 0 Å². The first kappa shape index (κ1) is 9.86. The van der Waals surface area contributed by atoms with E-state index in [-0.39, 0.29) is 0 Å². The van der Waals surface area contributed by atoms with Crippen LogP contribution in [0.5, 0.6) is 0 Å². The fourth-order valence-corrected chi connectivity index (χ4v) is 2.53. The van der Waals surface area contributed by atoms with Gasteiger partial charge in [-0.25, -0.2) is 0 Å². The lowest BCUT2D eigenvalue weighted by Gasteiger charge is -2.36. The first-order valence-electron chi connectivity index (χ1n) is 4.08. The SMILES string of the molecule is CSC1(C(=O)O)CCCN(C)C1. The zero-order valence-electron chi connectivity index (χ0n) is 7.54. The van der Waals surface area contributed by atoms with Crippen molar-refractivity contribution in [1.82, 2.24) is 4.90 Å². The summed E-state index contributed by atoms with van der Waals surface area (Å²) < 4.78 is -0.549. The zero-order valence-corrected chi connectivity index (χ0v) is 8.36. The van der Waals surface area contributed by atoms with Crippen molar-refractivity contribution >= 4 is 17.7 Å². The molecule has 0 aliphatic carbocycles. The molecule has 0 spiro atoms. The highest BCUT2D eigenvalue weighted by atomic mass is 32.2. The predicted molar refractivity (Wildman–Crippen MR) is 50.6 cm³/mol. The number of likely N-dealkylation sites (tertiary alicyclic amines) is 1. The molecule has 1 heterocycles. The zero-order chi connectivity index (χ0) is 9.19. The van der Waals surface area contributed by atoms with Crippen molar-refractivity contribution in [2.75, 3.05) is 26.4 Å². The molecule has 0 aromatic carbocycles. The maximum Gasteiger partial charge on any atom is 0.321 e. The van der Waals surface area contributed by atoms with Gasteiger partial charge in [0, 0.05) is 6.54 Å². The van der Waals surface area contributed by atoms with Gasteiger partial charge in [0.05, 0.1) is 0 Å². The molecule has 3 nitrogen and oxygen atoms in total. The van der Waals surface area contributed by atoms with E-state index in [1.165, 1.54) is 11.8 Å². The number of thioether (sulfide) groups is 1. The lowest BCUT2D eigenvalue weighted by Crippen LogP contribution is -2.49. The van der Waals surface area contributed by atoms with Crippen molar-refractivity contribution in [2.45, 2.75) is 17.6 Å². The van der Waals surface area contributed by atoms with Crippen molar-refractivity contribution < 1.29 is 9.90 Å². The van der Waals surface area contributed by atoms with Gasteiger partial charge < -0.3 is 10.0 Å². The van der Waals surface area contributed by atoms with E-state index in [1.807, 2.05) is 13.3 Å². The Morgan fingerprint density at radius 1 is 1.67 bits per heavy atom. The van der Waals surface area contributed by atoms with Crippen LogP contribution in [0.25, 0.3) is 0 Å². The fourth-order valence-electron chi connectivity index (χ4n) is 1.66. The van der Waals surface area contributed by atoms with Crippen LogP contribution in [0.15, 0.2) is 0 Å². The van der Waals surface area contributed by atoms with E-state index in [0.29, 0.717) is 6.54 Å². The van der Waals surface area contributed by atoms with E-state index < -0.39 is 10.7 Å². The lowest BCUT2D eigenvalue weighted by molar-refractivity contribution is -0.141. The number of hydrogen-bond acceptors (Lipinski definition) is 3. The topological polar surface area (TPSA) is 40.5 Å². The Morgan fingerprint density at radius 2 is 2.33 bits per heavy atom. The summed E-state index contributed by atoms with van der Waals surface area (Å²) in [6, 6.07) is 0. The van der Waals surface area contributed by atoms with Crippen LogP contribution in [0, 0.1) is 0 Å². The molecule has 1 saturated heterocycles. The van der Waals surface area contributed by atoms with Crippen LogP contribution in [0.3, 0.4) is 0 Å². The molecule has 0 bridgehead atoms. The molecule has 12 heavy (non-hydrogen) atoms. The summed E-state index contributed by atoms with van der Waals surface area (Å²) >= 11 is 1.46. The monoisotopic (exact) mass is 189 g/mol. The van der Waals surface area contributed by atoms with E-state index >= 15 is 0 Å². The third-order valence-corrected chi connectivity index (χ3v) is 3.72. The minimum atomic E-state index is -0.665. The summed E-state index contributed by atoms with van der Waals surface area (Å²) in [6.07, 6.45) is 3.67. The van der Waals surface area contributed by atoms with Crippen LogP contribution in [0.4, 0.5) is 0 Å². The molecular formula is C8H15NO2S. The van der Waals surface area contributed by atoms with Gasteiger partial charge in [-0.05, 0) is 32.7 Å². The van der Waals surface area contributed by atoms with E-state index in [9.17, 15) is 4.79 Å². The van der Waals surface area contributed by atoms with Crippen LogP contribution >= 0.6 is 11.8 Å². The van der Waals surface area contributed by atoms with E-state index in [1.54, 1.807) is 0 Å². The molecule has 1 atom stereocenters. The number of nitrogens with zero attached hydrogens (tertiary/aromatic N) is 1. The number of piperidine rings is 1. The number of aliphatic carboxylic acids is 1. The molecule has 1 N–H and O–H groups in total. The van der Waals surface area contributed by atoms with Crippen LogP contribution in [-0.4, -0.2) is 47.1 Å². The van der Waals surface area contributed by atoms with Gasteiger partial charge in [-0.15, -0.1) is 11.8 Å². The highest BCUT2D eigenvalue weighted by molar-refractivity contribution is 8.00. The molecule has 0 amide bonds. The number of carboxylic acids is 1. The van der Waals surface area contributed by atoms with Gasteiger partial charge >= 0.3 is 5.97 Å². The molecule has 0 aromatic heterocycles. The van der Waals surface area contributed by atoms with Crippen LogP contribution in [-0.2, 0) is 4.79 Å². The Balaban J connectivity index is 2.71. The second-order valence-corrected chi connectivity index (χ2v) is 4.53. The molecule has 1 aliphatic heterocycles. The summed E-state index contributed by atoms with van der Waals surface area (Å²) in [5, 5.41) is 9.06. The van der Waals surface area contributed by atoms with Gasteiger partial charge in [0.2, 0.25) is 0 Å². The Labute approximate surface area is 77.1 Å². The highest BCUT2D eigenvalue weighted by Gasteiger charge is 2.40. The second-order valence-electron chi connectivity index (χ2n) is 3.34. The Morgan fingerprint density at radius 3 is 2.67 bits per heavy atom. The number of rotatable bonds is 2. The molecule has 0 radical (unpaired) electrons. The standard InChI is InChI=1S/C8H15NO2S/c1-9-5-3-4-8(6-9,12-2)7(10)11/h3-6H2,1-2H3,(H,10,11). The molecule has 1 unspecified atom stereocenters. The summed E-state index contributed by atoms with van der Waals surface area (Å²) in [6.45, 7) is 1.69. The molecule has 1 aliphatic rings. The van der Waals surface area contributed by atoms with Crippen molar-refractivity contribution in [3.63, 3.8) is 0 Å². The first-order valence-corrected chi connectivity index (χ1v) is 5.30. The van der Waals surface area contributed by atoms with E-state index in [4.69, 9.17) is 5.11 Å². The van der Waals surface area contributed by atoms with Gasteiger partial charge in [-0.3, -0.25) is 4.79 Å². The largest absolute Gasteiger partial charge is 0.480 e.